The van der Waals surface area contributed by atoms with E-state index < -0.39 is 33.6 Å². The standard InChI is InChI=1S/C18H20N2O6S/c1-12-7-8-17(9-13(12)2)27(24,25)19-11-18(21)26-14(3)15-5-4-6-16(10-15)20(22)23/h4-10,14,19H,11H2,1-3H3/t14-/m1/s1. The summed E-state index contributed by atoms with van der Waals surface area (Å²) in [7, 11) is -3.85. The number of non-ortho nitro benzene ring substituents is 1. The number of aryl methyl sites for hydroxylation is 2. The first-order chi connectivity index (χ1) is 12.6. The van der Waals surface area contributed by atoms with Gasteiger partial charge in [-0.05, 0) is 49.6 Å². The lowest BCUT2D eigenvalue weighted by molar-refractivity contribution is -0.385. The summed E-state index contributed by atoms with van der Waals surface area (Å²) in [6.45, 7) is 4.67. The van der Waals surface area contributed by atoms with Crippen LogP contribution in [-0.4, -0.2) is 25.9 Å². The molecule has 9 heteroatoms. The number of sulfonamides is 1. The Labute approximate surface area is 157 Å². The van der Waals surface area contributed by atoms with Gasteiger partial charge in [-0.2, -0.15) is 4.72 Å². The van der Waals surface area contributed by atoms with Gasteiger partial charge in [0.25, 0.3) is 5.69 Å². The molecule has 0 saturated heterocycles. The van der Waals surface area contributed by atoms with Crippen molar-refractivity contribution in [2.75, 3.05) is 6.54 Å². The quantitative estimate of drug-likeness (QED) is 0.440. The zero-order valence-electron chi connectivity index (χ0n) is 15.1. The zero-order valence-corrected chi connectivity index (χ0v) is 15.9. The third kappa shape index (κ3) is 5.35. The molecule has 0 fully saturated rings. The van der Waals surface area contributed by atoms with Gasteiger partial charge < -0.3 is 4.74 Å². The van der Waals surface area contributed by atoms with Crippen molar-refractivity contribution in [2.45, 2.75) is 31.8 Å². The van der Waals surface area contributed by atoms with Crippen LogP contribution >= 0.6 is 0 Å². The second-order valence-electron chi connectivity index (χ2n) is 6.05. The van der Waals surface area contributed by atoms with E-state index in [1.54, 1.807) is 26.0 Å². The topological polar surface area (TPSA) is 116 Å². The van der Waals surface area contributed by atoms with Crippen LogP contribution in [-0.2, 0) is 19.6 Å². The summed E-state index contributed by atoms with van der Waals surface area (Å²) in [5.41, 5.74) is 2.10. The number of hydrogen-bond donors (Lipinski definition) is 1. The second-order valence-corrected chi connectivity index (χ2v) is 7.82. The van der Waals surface area contributed by atoms with Crippen LogP contribution in [0.25, 0.3) is 0 Å². The van der Waals surface area contributed by atoms with Crippen LogP contribution in [0.4, 0.5) is 5.69 Å². The van der Waals surface area contributed by atoms with Gasteiger partial charge in [0, 0.05) is 12.1 Å². The van der Waals surface area contributed by atoms with E-state index in [0.717, 1.165) is 11.1 Å². The van der Waals surface area contributed by atoms with E-state index in [-0.39, 0.29) is 10.6 Å². The van der Waals surface area contributed by atoms with Gasteiger partial charge in [-0.15, -0.1) is 0 Å². The van der Waals surface area contributed by atoms with Crippen LogP contribution in [0.3, 0.4) is 0 Å². The van der Waals surface area contributed by atoms with Crippen LogP contribution in [0.15, 0.2) is 47.4 Å². The van der Waals surface area contributed by atoms with Crippen molar-refractivity contribution in [3.8, 4) is 0 Å². The molecular weight excluding hydrogens is 372 g/mol. The van der Waals surface area contributed by atoms with Gasteiger partial charge in [0.1, 0.15) is 12.6 Å². The molecule has 1 N–H and O–H groups in total. The lowest BCUT2D eigenvalue weighted by Crippen LogP contribution is -2.31. The Morgan fingerprint density at radius 2 is 1.89 bits per heavy atom. The number of nitrogens with one attached hydrogen (secondary N) is 1. The summed E-state index contributed by atoms with van der Waals surface area (Å²) in [4.78, 5) is 22.3. The molecule has 144 valence electrons. The zero-order chi connectivity index (χ0) is 20.2. The number of nitro groups is 1. The predicted octanol–water partition coefficient (Wildman–Crippen LogP) is 2.79. The number of esters is 1. The van der Waals surface area contributed by atoms with Crippen LogP contribution in [0.1, 0.15) is 29.7 Å². The van der Waals surface area contributed by atoms with E-state index in [9.17, 15) is 23.3 Å². The maximum Gasteiger partial charge on any atom is 0.321 e. The number of ether oxygens (including phenoxy) is 1. The summed E-state index contributed by atoms with van der Waals surface area (Å²) >= 11 is 0. The van der Waals surface area contributed by atoms with Crippen molar-refractivity contribution in [2.24, 2.45) is 0 Å². The predicted molar refractivity (Wildman–Crippen MR) is 98.7 cm³/mol. The van der Waals surface area contributed by atoms with E-state index in [2.05, 4.69) is 4.72 Å². The molecule has 2 aromatic rings. The normalized spacial score (nSPS) is 12.4. The fraction of sp³-hybridized carbons (Fsp3) is 0.278. The highest BCUT2D eigenvalue weighted by Gasteiger charge is 2.19. The highest BCUT2D eigenvalue weighted by molar-refractivity contribution is 7.89. The fourth-order valence-electron chi connectivity index (χ4n) is 2.32. The van der Waals surface area contributed by atoms with Crippen molar-refractivity contribution >= 4 is 21.7 Å². The first-order valence-corrected chi connectivity index (χ1v) is 9.59. The van der Waals surface area contributed by atoms with Gasteiger partial charge >= 0.3 is 5.97 Å². The van der Waals surface area contributed by atoms with Gasteiger partial charge in [0.15, 0.2) is 0 Å². The third-order valence-electron chi connectivity index (χ3n) is 4.05. The van der Waals surface area contributed by atoms with Crippen molar-refractivity contribution in [3.63, 3.8) is 0 Å². The summed E-state index contributed by atoms with van der Waals surface area (Å²) in [6, 6.07) is 10.4. The largest absolute Gasteiger partial charge is 0.457 e. The first-order valence-electron chi connectivity index (χ1n) is 8.11. The Morgan fingerprint density at radius 1 is 1.19 bits per heavy atom. The van der Waals surface area contributed by atoms with E-state index in [4.69, 9.17) is 4.74 Å². The van der Waals surface area contributed by atoms with Crippen molar-refractivity contribution in [3.05, 3.63) is 69.3 Å². The van der Waals surface area contributed by atoms with Gasteiger partial charge in [-0.25, -0.2) is 8.42 Å². The molecule has 0 spiro atoms. The molecule has 0 unspecified atom stereocenters. The van der Waals surface area contributed by atoms with Crippen molar-refractivity contribution in [1.29, 1.82) is 0 Å². The van der Waals surface area contributed by atoms with E-state index in [1.807, 2.05) is 6.92 Å². The molecule has 0 amide bonds. The minimum atomic E-state index is -3.85. The summed E-state index contributed by atoms with van der Waals surface area (Å²) < 4.78 is 31.9. The van der Waals surface area contributed by atoms with Crippen molar-refractivity contribution < 1.29 is 22.9 Å². The monoisotopic (exact) mass is 392 g/mol. The molecule has 0 radical (unpaired) electrons. The average Bonchev–Trinajstić information content (AvgIpc) is 2.62. The molecule has 0 aliphatic rings. The van der Waals surface area contributed by atoms with E-state index >= 15 is 0 Å². The summed E-state index contributed by atoms with van der Waals surface area (Å²) in [6.07, 6.45) is -0.761. The van der Waals surface area contributed by atoms with Crippen LogP contribution in [0.5, 0.6) is 0 Å². The molecule has 2 rings (SSSR count). The molecule has 0 bridgehead atoms. The molecule has 27 heavy (non-hydrogen) atoms. The number of benzene rings is 2. The Morgan fingerprint density at radius 3 is 2.52 bits per heavy atom. The highest BCUT2D eigenvalue weighted by atomic mass is 32.2. The molecule has 0 saturated carbocycles. The van der Waals surface area contributed by atoms with Crippen molar-refractivity contribution in [1.82, 2.24) is 4.72 Å². The maximum atomic E-state index is 12.3. The Balaban J connectivity index is 2.00. The summed E-state index contributed by atoms with van der Waals surface area (Å²) in [5, 5.41) is 10.8. The van der Waals surface area contributed by atoms with Gasteiger partial charge in [-0.3, -0.25) is 14.9 Å². The fourth-order valence-corrected chi connectivity index (χ4v) is 3.37. The van der Waals surface area contributed by atoms with E-state index in [1.165, 1.54) is 30.3 Å². The maximum absolute atomic E-state index is 12.3. The van der Waals surface area contributed by atoms with Crippen LogP contribution < -0.4 is 4.72 Å². The number of nitrogens with zero attached hydrogens (tertiary/aromatic N) is 1. The molecular formula is C18H20N2O6S. The number of rotatable bonds is 7. The Hall–Kier alpha value is -2.78. The smallest absolute Gasteiger partial charge is 0.321 e. The van der Waals surface area contributed by atoms with Gasteiger partial charge in [0.2, 0.25) is 10.0 Å². The number of hydrogen-bond acceptors (Lipinski definition) is 6. The third-order valence-corrected chi connectivity index (χ3v) is 5.45. The molecule has 1 atom stereocenters. The Bertz CT molecular complexity index is 972. The second kappa shape index (κ2) is 8.28. The number of nitro benzene ring substituents is 1. The van der Waals surface area contributed by atoms with Crippen LogP contribution in [0.2, 0.25) is 0 Å². The number of carbonyl (C=O) groups excluding carboxylic acids is 1. The molecule has 2 aromatic carbocycles. The molecule has 0 aliphatic carbocycles. The molecule has 0 aromatic heterocycles. The average molecular weight is 392 g/mol. The molecule has 8 nitrogen and oxygen atoms in total. The minimum Gasteiger partial charge on any atom is -0.457 e. The van der Waals surface area contributed by atoms with Gasteiger partial charge in [0.05, 0.1) is 9.82 Å². The molecule has 0 heterocycles. The Kier molecular flexibility index (Phi) is 6.29. The lowest BCUT2D eigenvalue weighted by Gasteiger charge is -2.14. The first kappa shape index (κ1) is 20.5. The SMILES string of the molecule is Cc1ccc(S(=O)(=O)NCC(=O)O[C@H](C)c2cccc([N+](=O)[O-])c2)cc1C. The van der Waals surface area contributed by atoms with E-state index in [0.29, 0.717) is 5.56 Å². The van der Waals surface area contributed by atoms with Gasteiger partial charge in [-0.1, -0.05) is 18.2 Å². The number of carbonyl (C=O) groups is 1. The minimum absolute atomic E-state index is 0.0603. The highest BCUT2D eigenvalue weighted by Crippen LogP contribution is 2.21. The van der Waals surface area contributed by atoms with Crippen LogP contribution in [0, 0.1) is 24.0 Å². The lowest BCUT2D eigenvalue weighted by atomic mass is 10.1. The summed E-state index contributed by atoms with van der Waals surface area (Å²) in [5.74, 6) is -0.790. The molecule has 0 aliphatic heterocycles.